The Labute approximate surface area is 461 Å². The summed E-state index contributed by atoms with van der Waals surface area (Å²) in [6.07, 6.45) is 24.3. The predicted molar refractivity (Wildman–Crippen MR) is 298 cm³/mol. The molecule has 18 heteroatoms. The van der Waals surface area contributed by atoms with Gasteiger partial charge in [0.1, 0.15) is 23.6 Å². The number of ketones is 1. The molecule has 0 bridgehead atoms. The minimum absolute atomic E-state index is 0.0975. The van der Waals surface area contributed by atoms with Crippen LogP contribution in [0.1, 0.15) is 139 Å². The standard InChI is InChI=1S/C31H45N5O4.C29H41N5O4/c1-3-7-28(37)31(24-8-5-4-6-9-24)15-18-36(19-16-31)29(38)27(20-23-10-12-26(40-2)13-11-23)35-30(39)33-17-14-25-21-32-22-34-25;1-2-38-27(36)29(23-11-7-4-8-12-23)14-17-34(18-15-29)26(35)25(19-22-9-5-3-6-10-22)33-28(37)31-16-13-24-20-30-21-32-24/h10-13,21-22,24,27H,3-9,14-20H2,1-2H3,(H,32,34)(H2,33,35,39);3,5-6,9-10,20-21,23,25H,2,4,7-8,11-19H2,1H3,(H,30,32)(H2,31,33,37). The molecule has 2 saturated heterocycles. The molecular formula is C60H86N10O8. The average molecular weight is 1080 g/mol. The van der Waals surface area contributed by atoms with Crippen LogP contribution in [-0.4, -0.2) is 130 Å². The maximum Gasteiger partial charge on any atom is 0.315 e. The minimum atomic E-state index is -0.714. The number of hydrogen-bond acceptors (Lipinski definition) is 10. The van der Waals surface area contributed by atoms with Crippen LogP contribution in [0, 0.1) is 22.7 Å². The van der Waals surface area contributed by atoms with Gasteiger partial charge in [0.25, 0.3) is 0 Å². The van der Waals surface area contributed by atoms with Crippen molar-refractivity contribution in [1.82, 2.24) is 51.0 Å². The highest BCUT2D eigenvalue weighted by Crippen LogP contribution is 2.48. The molecule has 2 unspecified atom stereocenters. The SMILES string of the molecule is CCCC(=O)C1(C2CCCCC2)CCN(C(=O)C(Cc2ccc(OC)cc2)NC(=O)NCCc2cnc[nH]2)CC1.CCOC(=O)C1(C2CCCCC2)CCN(C(=O)C(Cc2ccccc2)NC(=O)NCCc2c[nH]cn2)CC1. The number of imidazole rings is 2. The van der Waals surface area contributed by atoms with Crippen LogP contribution in [0.5, 0.6) is 5.75 Å². The average Bonchev–Trinajstić information content (AvgIpc) is 4.29. The molecule has 6 N–H and O–H groups in total. The first-order chi connectivity index (χ1) is 38.0. The van der Waals surface area contributed by atoms with Gasteiger partial charge in [-0.3, -0.25) is 19.2 Å². The molecule has 4 heterocycles. The molecule has 2 aromatic heterocycles. The number of nitrogens with one attached hydrogen (secondary N) is 6. The monoisotopic (exact) mass is 1070 g/mol. The number of ether oxygens (including phenoxy) is 2. The molecule has 4 fully saturated rings. The summed E-state index contributed by atoms with van der Waals surface area (Å²) < 4.78 is 10.8. The van der Waals surface area contributed by atoms with Crippen molar-refractivity contribution in [2.24, 2.45) is 22.7 Å². The maximum absolute atomic E-state index is 13.9. The van der Waals surface area contributed by atoms with Gasteiger partial charge in [0.2, 0.25) is 11.8 Å². The Morgan fingerprint density at radius 3 is 1.72 bits per heavy atom. The van der Waals surface area contributed by atoms with Crippen LogP contribution in [-0.2, 0) is 49.6 Å². The maximum atomic E-state index is 13.9. The molecule has 8 rings (SSSR count). The number of methoxy groups -OCH3 is 1. The van der Waals surface area contributed by atoms with E-state index in [0.717, 1.165) is 73.2 Å². The van der Waals surface area contributed by atoms with Crippen LogP contribution < -0.4 is 26.0 Å². The first kappa shape index (κ1) is 59.0. The largest absolute Gasteiger partial charge is 0.497 e. The molecule has 4 aromatic rings. The lowest BCUT2D eigenvalue weighted by Crippen LogP contribution is -2.56. The fraction of sp³-hybridized carbons (Fsp3) is 0.600. The van der Waals surface area contributed by atoms with Crippen LogP contribution in [0.2, 0.25) is 0 Å². The predicted octanol–water partition coefficient (Wildman–Crippen LogP) is 8.04. The molecule has 2 aromatic carbocycles. The van der Waals surface area contributed by atoms with Gasteiger partial charge in [-0.1, -0.05) is 87.9 Å². The lowest BCUT2D eigenvalue weighted by molar-refractivity contribution is -0.166. The number of rotatable bonds is 22. The van der Waals surface area contributed by atoms with Crippen LogP contribution in [0.4, 0.5) is 9.59 Å². The van der Waals surface area contributed by atoms with Gasteiger partial charge in [-0.05, 0) is 99.8 Å². The van der Waals surface area contributed by atoms with E-state index in [1.165, 1.54) is 25.7 Å². The normalized spacial score (nSPS) is 18.2. The molecule has 2 aliphatic carbocycles. The zero-order valence-corrected chi connectivity index (χ0v) is 46.5. The fourth-order valence-electron chi connectivity index (χ4n) is 12.6. The summed E-state index contributed by atoms with van der Waals surface area (Å²) in [6, 6.07) is 15.1. The molecular weight excluding hydrogens is 989 g/mol. The number of nitrogens with zero attached hydrogens (tertiary/aromatic N) is 4. The van der Waals surface area contributed by atoms with Gasteiger partial charge < -0.3 is 50.5 Å². The number of carbonyl (C=O) groups is 6. The summed E-state index contributed by atoms with van der Waals surface area (Å²) in [5.74, 6) is 1.55. The van der Waals surface area contributed by atoms with Gasteiger partial charge in [0.05, 0.1) is 37.5 Å². The molecule has 4 aliphatic rings. The van der Waals surface area contributed by atoms with Crippen molar-refractivity contribution in [2.45, 2.75) is 154 Å². The van der Waals surface area contributed by atoms with E-state index in [1.807, 2.05) is 71.3 Å². The molecule has 2 aliphatic heterocycles. The van der Waals surface area contributed by atoms with E-state index >= 15 is 0 Å². The zero-order chi connectivity index (χ0) is 55.2. The highest BCUT2D eigenvalue weighted by atomic mass is 16.5. The van der Waals surface area contributed by atoms with Crippen LogP contribution in [0.25, 0.3) is 0 Å². The zero-order valence-electron chi connectivity index (χ0n) is 46.5. The Morgan fingerprint density at radius 1 is 0.679 bits per heavy atom. The highest BCUT2D eigenvalue weighted by molar-refractivity contribution is 5.89. The van der Waals surface area contributed by atoms with Gasteiger partial charge in [-0.15, -0.1) is 0 Å². The second-order valence-electron chi connectivity index (χ2n) is 21.8. The van der Waals surface area contributed by atoms with Crippen molar-refractivity contribution < 1.29 is 38.2 Å². The Balaban J connectivity index is 0.000000226. The number of benzene rings is 2. The lowest BCUT2D eigenvalue weighted by atomic mass is 9.61. The van der Waals surface area contributed by atoms with Gasteiger partial charge in [-0.2, -0.15) is 0 Å². The number of aromatic nitrogens is 4. The summed E-state index contributed by atoms with van der Waals surface area (Å²) in [4.78, 5) is 97.6. The van der Waals surface area contributed by atoms with Gasteiger partial charge in [0.15, 0.2) is 0 Å². The Morgan fingerprint density at radius 2 is 1.22 bits per heavy atom. The van der Waals surface area contributed by atoms with Gasteiger partial charge in [-0.25, -0.2) is 19.6 Å². The second-order valence-corrected chi connectivity index (χ2v) is 21.8. The molecule has 0 spiro atoms. The fourth-order valence-corrected chi connectivity index (χ4v) is 12.6. The number of piperidine rings is 2. The molecule has 18 nitrogen and oxygen atoms in total. The smallest absolute Gasteiger partial charge is 0.315 e. The summed E-state index contributed by atoms with van der Waals surface area (Å²) in [5.41, 5.74) is 2.87. The number of amides is 6. The highest BCUT2D eigenvalue weighted by Gasteiger charge is 2.50. The number of carbonyl (C=O) groups excluding carboxylic acids is 6. The third kappa shape index (κ3) is 16.2. The summed E-state index contributed by atoms with van der Waals surface area (Å²) >= 11 is 0. The number of likely N-dealkylation sites (tertiary alicyclic amines) is 2. The second kappa shape index (κ2) is 29.9. The third-order valence-electron chi connectivity index (χ3n) is 17.0. The lowest BCUT2D eigenvalue weighted by Gasteiger charge is -2.47. The quantitative estimate of drug-likeness (QED) is 0.0415. The number of esters is 1. The Kier molecular flexibility index (Phi) is 22.6. The third-order valence-corrected chi connectivity index (χ3v) is 17.0. The van der Waals surface area contributed by atoms with Gasteiger partial charge >= 0.3 is 18.0 Å². The Bertz CT molecular complexity index is 2460. The van der Waals surface area contributed by atoms with E-state index in [2.05, 4.69) is 48.1 Å². The summed E-state index contributed by atoms with van der Waals surface area (Å²) in [7, 11) is 1.62. The topological polar surface area (TPSA) is 233 Å². The molecule has 0 radical (unpaired) electrons. The first-order valence-electron chi connectivity index (χ1n) is 29.0. The number of Topliss-reactive ketones (excluding diaryl/α,β-unsaturated/α-hetero) is 1. The van der Waals surface area contributed by atoms with E-state index < -0.39 is 17.5 Å². The van der Waals surface area contributed by atoms with Gasteiger partial charge in [0, 0.05) is 94.9 Å². The van der Waals surface area contributed by atoms with E-state index in [9.17, 15) is 28.8 Å². The molecule has 78 heavy (non-hydrogen) atoms. The Hall–Kier alpha value is -6.72. The van der Waals surface area contributed by atoms with Crippen molar-refractivity contribution in [2.75, 3.05) is 53.0 Å². The van der Waals surface area contributed by atoms with Crippen molar-refractivity contribution in [3.05, 3.63) is 102 Å². The molecule has 424 valence electrons. The molecule has 2 saturated carbocycles. The molecule has 6 amide bonds. The van der Waals surface area contributed by atoms with E-state index in [0.29, 0.717) is 121 Å². The summed E-state index contributed by atoms with van der Waals surface area (Å²) in [5, 5.41) is 11.6. The van der Waals surface area contributed by atoms with E-state index in [-0.39, 0.29) is 35.3 Å². The van der Waals surface area contributed by atoms with Crippen LogP contribution >= 0.6 is 0 Å². The number of urea groups is 2. The van der Waals surface area contributed by atoms with Crippen molar-refractivity contribution in [3.8, 4) is 5.75 Å². The van der Waals surface area contributed by atoms with E-state index in [1.54, 1.807) is 32.2 Å². The number of hydrogen-bond donors (Lipinski definition) is 6. The molecule has 2 atom stereocenters. The van der Waals surface area contributed by atoms with E-state index in [4.69, 9.17) is 9.47 Å². The number of H-pyrrole nitrogens is 2. The minimum Gasteiger partial charge on any atom is -0.497 e. The van der Waals surface area contributed by atoms with Crippen molar-refractivity contribution >= 4 is 35.6 Å². The van der Waals surface area contributed by atoms with Crippen molar-refractivity contribution in [3.63, 3.8) is 0 Å². The summed E-state index contributed by atoms with van der Waals surface area (Å²) in [6.45, 7) is 7.20. The van der Waals surface area contributed by atoms with Crippen LogP contribution in [0.3, 0.4) is 0 Å². The van der Waals surface area contributed by atoms with Crippen LogP contribution in [0.15, 0.2) is 79.6 Å². The number of aromatic amines is 2. The first-order valence-corrected chi connectivity index (χ1v) is 29.0. The van der Waals surface area contributed by atoms with Crippen molar-refractivity contribution in [1.29, 1.82) is 0 Å².